The molecule has 1 heteroatoms. The largest absolute Gasteiger partial charge is 0.298 e. The van der Waals surface area contributed by atoms with E-state index in [1.165, 1.54) is 0 Å². The smallest absolute Gasteiger partial charge is 0.149 e. The Labute approximate surface area is 67.8 Å². The van der Waals surface area contributed by atoms with E-state index in [4.69, 9.17) is 0 Å². The van der Waals surface area contributed by atoms with E-state index in [9.17, 15) is 4.79 Å². The van der Waals surface area contributed by atoms with Crippen LogP contribution in [0, 0.1) is 5.41 Å². The van der Waals surface area contributed by atoms with Crippen LogP contribution in [0.4, 0.5) is 0 Å². The minimum absolute atomic E-state index is 0.233. The highest BCUT2D eigenvalue weighted by Crippen LogP contribution is 2.31. The summed E-state index contributed by atoms with van der Waals surface area (Å²) in [7, 11) is 0. The molecule has 11 heavy (non-hydrogen) atoms. The van der Waals surface area contributed by atoms with Gasteiger partial charge < -0.3 is 0 Å². The zero-order valence-corrected chi connectivity index (χ0v) is 7.35. The van der Waals surface area contributed by atoms with Gasteiger partial charge in [0.25, 0.3) is 0 Å². The summed E-state index contributed by atoms with van der Waals surface area (Å²) in [6, 6.07) is 0. The molecule has 0 unspecified atom stereocenters. The molecule has 1 rings (SSSR count). The molecule has 1 aliphatic carbocycles. The predicted octanol–water partition coefficient (Wildman–Crippen LogP) is 2.49. The topological polar surface area (TPSA) is 17.1 Å². The van der Waals surface area contributed by atoms with E-state index < -0.39 is 0 Å². The van der Waals surface area contributed by atoms with Gasteiger partial charge in [0.2, 0.25) is 0 Å². The average Bonchev–Trinajstić information content (AvgIpc) is 1.86. The third-order valence-corrected chi connectivity index (χ3v) is 2.04. The Hall–Kier alpha value is -0.850. The van der Waals surface area contributed by atoms with E-state index in [0.717, 1.165) is 23.9 Å². The van der Waals surface area contributed by atoms with Crippen LogP contribution in [0.15, 0.2) is 23.3 Å². The van der Waals surface area contributed by atoms with Gasteiger partial charge in [0.05, 0.1) is 0 Å². The summed E-state index contributed by atoms with van der Waals surface area (Å²) in [6.45, 7) is 6.34. The number of hydrogen-bond donors (Lipinski definition) is 0. The van der Waals surface area contributed by atoms with Crippen LogP contribution in [-0.4, -0.2) is 6.29 Å². The van der Waals surface area contributed by atoms with Gasteiger partial charge in [-0.1, -0.05) is 26.0 Å². The Bertz CT molecular complexity index is 231. The molecule has 0 amide bonds. The van der Waals surface area contributed by atoms with E-state index >= 15 is 0 Å². The molecule has 0 radical (unpaired) electrons. The summed E-state index contributed by atoms with van der Waals surface area (Å²) in [6.07, 6.45) is 6.08. The maximum absolute atomic E-state index is 10.5. The quantitative estimate of drug-likeness (QED) is 0.525. The first-order chi connectivity index (χ1) is 5.05. The molecular formula is C10H14O. The molecule has 0 heterocycles. The van der Waals surface area contributed by atoms with E-state index in [2.05, 4.69) is 19.9 Å². The minimum Gasteiger partial charge on any atom is -0.298 e. The Kier molecular flexibility index (Phi) is 1.99. The van der Waals surface area contributed by atoms with E-state index in [0.29, 0.717) is 0 Å². The summed E-state index contributed by atoms with van der Waals surface area (Å²) in [4.78, 5) is 10.5. The Morgan fingerprint density at radius 3 is 2.64 bits per heavy atom. The number of carbonyl (C=O) groups is 1. The van der Waals surface area contributed by atoms with Gasteiger partial charge in [0, 0.05) is 5.57 Å². The van der Waals surface area contributed by atoms with Gasteiger partial charge >= 0.3 is 0 Å². The lowest BCUT2D eigenvalue weighted by Gasteiger charge is -2.23. The van der Waals surface area contributed by atoms with Crippen molar-refractivity contribution in [1.29, 1.82) is 0 Å². The monoisotopic (exact) mass is 150 g/mol. The summed E-state index contributed by atoms with van der Waals surface area (Å²) in [5, 5.41) is 0. The third-order valence-electron chi connectivity index (χ3n) is 2.04. The molecule has 0 atom stereocenters. The fourth-order valence-corrected chi connectivity index (χ4v) is 1.40. The van der Waals surface area contributed by atoms with Crippen molar-refractivity contribution in [2.45, 2.75) is 27.2 Å². The van der Waals surface area contributed by atoms with Crippen molar-refractivity contribution >= 4 is 6.29 Å². The van der Waals surface area contributed by atoms with Crippen LogP contribution in [0.5, 0.6) is 0 Å². The van der Waals surface area contributed by atoms with Gasteiger partial charge in [-0.2, -0.15) is 0 Å². The van der Waals surface area contributed by atoms with Crippen molar-refractivity contribution in [2.24, 2.45) is 5.41 Å². The van der Waals surface area contributed by atoms with Crippen molar-refractivity contribution in [2.75, 3.05) is 0 Å². The van der Waals surface area contributed by atoms with Crippen molar-refractivity contribution in [3.8, 4) is 0 Å². The zero-order valence-electron chi connectivity index (χ0n) is 7.35. The summed E-state index contributed by atoms with van der Waals surface area (Å²) in [5.41, 5.74) is 2.19. The van der Waals surface area contributed by atoms with E-state index in [1.54, 1.807) is 0 Å². The summed E-state index contributed by atoms with van der Waals surface area (Å²) >= 11 is 0. The van der Waals surface area contributed by atoms with Crippen molar-refractivity contribution in [3.63, 3.8) is 0 Å². The third kappa shape index (κ3) is 1.79. The van der Waals surface area contributed by atoms with E-state index in [1.807, 2.05) is 13.0 Å². The zero-order chi connectivity index (χ0) is 8.48. The SMILES string of the molecule is CC1=CC(C)(C)CC=C1C=O. The van der Waals surface area contributed by atoms with Crippen molar-refractivity contribution in [3.05, 3.63) is 23.3 Å². The second-order valence-electron chi connectivity index (χ2n) is 3.80. The molecule has 0 saturated carbocycles. The molecule has 0 saturated heterocycles. The number of aldehydes is 1. The van der Waals surface area contributed by atoms with Gasteiger partial charge in [-0.25, -0.2) is 0 Å². The molecule has 60 valence electrons. The van der Waals surface area contributed by atoms with Crippen LogP contribution in [-0.2, 0) is 4.79 Å². The first kappa shape index (κ1) is 8.25. The Balaban J connectivity index is 2.91. The molecule has 0 aromatic heterocycles. The predicted molar refractivity (Wildman–Crippen MR) is 46.3 cm³/mol. The van der Waals surface area contributed by atoms with Crippen molar-refractivity contribution in [1.82, 2.24) is 0 Å². The first-order valence-electron chi connectivity index (χ1n) is 3.90. The van der Waals surface area contributed by atoms with Crippen LogP contribution in [0.1, 0.15) is 27.2 Å². The average molecular weight is 150 g/mol. The lowest BCUT2D eigenvalue weighted by molar-refractivity contribution is -0.104. The van der Waals surface area contributed by atoms with Crippen LogP contribution in [0.2, 0.25) is 0 Å². The van der Waals surface area contributed by atoms with Crippen LogP contribution < -0.4 is 0 Å². The molecule has 0 aromatic rings. The Morgan fingerprint density at radius 1 is 1.55 bits per heavy atom. The standard InChI is InChI=1S/C10H14O/c1-8-6-10(2,3)5-4-9(8)7-11/h4,6-7H,5H2,1-3H3. The highest BCUT2D eigenvalue weighted by molar-refractivity contribution is 5.80. The van der Waals surface area contributed by atoms with Crippen LogP contribution in [0.3, 0.4) is 0 Å². The molecule has 0 spiro atoms. The lowest BCUT2D eigenvalue weighted by atomic mass is 9.81. The number of allylic oxidation sites excluding steroid dienone is 4. The minimum atomic E-state index is 0.233. The highest BCUT2D eigenvalue weighted by atomic mass is 16.1. The fourth-order valence-electron chi connectivity index (χ4n) is 1.40. The number of rotatable bonds is 1. The van der Waals surface area contributed by atoms with Gasteiger partial charge in [0.1, 0.15) is 6.29 Å². The second kappa shape index (κ2) is 2.65. The van der Waals surface area contributed by atoms with Gasteiger partial charge in [-0.05, 0) is 24.3 Å². The van der Waals surface area contributed by atoms with Crippen molar-refractivity contribution < 1.29 is 4.79 Å². The normalized spacial score (nSPS) is 22.1. The summed E-state index contributed by atoms with van der Waals surface area (Å²) < 4.78 is 0. The van der Waals surface area contributed by atoms with Crippen LogP contribution >= 0.6 is 0 Å². The number of carbonyl (C=O) groups excluding carboxylic acids is 1. The number of hydrogen-bond acceptors (Lipinski definition) is 1. The molecular weight excluding hydrogens is 136 g/mol. The molecule has 0 fully saturated rings. The molecule has 0 aliphatic heterocycles. The van der Waals surface area contributed by atoms with Gasteiger partial charge in [-0.3, -0.25) is 4.79 Å². The summed E-state index contributed by atoms with van der Waals surface area (Å²) in [5.74, 6) is 0. The molecule has 1 aliphatic rings. The molecule has 0 aromatic carbocycles. The first-order valence-corrected chi connectivity index (χ1v) is 3.90. The van der Waals surface area contributed by atoms with Crippen LogP contribution in [0.25, 0.3) is 0 Å². The molecule has 0 N–H and O–H groups in total. The maximum atomic E-state index is 10.5. The fraction of sp³-hybridized carbons (Fsp3) is 0.500. The lowest BCUT2D eigenvalue weighted by Crippen LogP contribution is -2.11. The maximum Gasteiger partial charge on any atom is 0.149 e. The van der Waals surface area contributed by atoms with Gasteiger partial charge in [-0.15, -0.1) is 0 Å². The van der Waals surface area contributed by atoms with E-state index in [-0.39, 0.29) is 5.41 Å². The second-order valence-corrected chi connectivity index (χ2v) is 3.80. The van der Waals surface area contributed by atoms with Gasteiger partial charge in [0.15, 0.2) is 0 Å². The Morgan fingerprint density at radius 2 is 2.18 bits per heavy atom. The molecule has 1 nitrogen and oxygen atoms in total. The highest BCUT2D eigenvalue weighted by Gasteiger charge is 2.18. The molecule has 0 bridgehead atoms.